The molecule has 3 rings (SSSR count). The lowest BCUT2D eigenvalue weighted by Gasteiger charge is -2.06. The highest BCUT2D eigenvalue weighted by Crippen LogP contribution is 2.30. The molecule has 0 aliphatic rings. The second-order valence-electron chi connectivity index (χ2n) is 6.48. The van der Waals surface area contributed by atoms with Gasteiger partial charge in [0.2, 0.25) is 0 Å². The molecule has 0 aliphatic carbocycles. The minimum atomic E-state index is -0.157. The fraction of sp³-hybridized carbons (Fsp3) is 0.333. The van der Waals surface area contributed by atoms with Gasteiger partial charge in [0, 0.05) is 5.56 Å². The van der Waals surface area contributed by atoms with Gasteiger partial charge in [0.15, 0.2) is 5.13 Å². The van der Waals surface area contributed by atoms with E-state index in [9.17, 15) is 4.79 Å². The Kier molecular flexibility index (Phi) is 5.89. The van der Waals surface area contributed by atoms with Gasteiger partial charge in [0.25, 0.3) is 5.91 Å². The third kappa shape index (κ3) is 4.41. The first-order valence-electron chi connectivity index (χ1n) is 8.99. The molecule has 26 heavy (non-hydrogen) atoms. The molecule has 0 saturated carbocycles. The SMILES string of the molecule is CCCCCOc1ccc(C(=O)Nc2nc3cc(C)cc(C)c3s2)cc1. The molecule has 0 fully saturated rings. The van der Waals surface area contributed by atoms with E-state index in [1.807, 2.05) is 18.2 Å². The predicted molar refractivity (Wildman–Crippen MR) is 109 cm³/mol. The number of amides is 1. The van der Waals surface area contributed by atoms with Crippen LogP contribution in [0.25, 0.3) is 10.2 Å². The average molecular weight is 369 g/mol. The summed E-state index contributed by atoms with van der Waals surface area (Å²) in [5, 5.41) is 3.53. The number of thiazole rings is 1. The number of unbranched alkanes of at least 4 members (excludes halogenated alkanes) is 2. The molecule has 3 aromatic rings. The zero-order chi connectivity index (χ0) is 18.5. The Balaban J connectivity index is 1.65. The van der Waals surface area contributed by atoms with Crippen LogP contribution in [0.1, 0.15) is 47.7 Å². The van der Waals surface area contributed by atoms with E-state index < -0.39 is 0 Å². The van der Waals surface area contributed by atoms with E-state index in [0.29, 0.717) is 17.3 Å². The highest BCUT2D eigenvalue weighted by Gasteiger charge is 2.11. The Hall–Kier alpha value is -2.40. The van der Waals surface area contributed by atoms with Crippen molar-refractivity contribution in [3.8, 4) is 5.75 Å². The van der Waals surface area contributed by atoms with Crippen LogP contribution in [0.3, 0.4) is 0 Å². The van der Waals surface area contributed by atoms with Crippen molar-refractivity contribution >= 4 is 32.6 Å². The number of aryl methyl sites for hydroxylation is 2. The van der Waals surface area contributed by atoms with Gasteiger partial charge in [-0.15, -0.1) is 0 Å². The van der Waals surface area contributed by atoms with E-state index in [1.54, 1.807) is 12.1 Å². The number of nitrogens with zero attached hydrogens (tertiary/aromatic N) is 1. The largest absolute Gasteiger partial charge is 0.494 e. The van der Waals surface area contributed by atoms with Crippen molar-refractivity contribution in [3.05, 3.63) is 53.1 Å². The summed E-state index contributed by atoms with van der Waals surface area (Å²) in [5.74, 6) is 0.639. The van der Waals surface area contributed by atoms with Gasteiger partial charge in [-0.2, -0.15) is 0 Å². The fourth-order valence-corrected chi connectivity index (χ4v) is 3.75. The molecule has 0 atom stereocenters. The minimum Gasteiger partial charge on any atom is -0.494 e. The number of rotatable bonds is 7. The van der Waals surface area contributed by atoms with Crippen LogP contribution in [-0.2, 0) is 0 Å². The van der Waals surface area contributed by atoms with Crippen LogP contribution in [-0.4, -0.2) is 17.5 Å². The van der Waals surface area contributed by atoms with Crippen LogP contribution in [0, 0.1) is 13.8 Å². The maximum absolute atomic E-state index is 12.5. The third-order valence-electron chi connectivity index (χ3n) is 4.17. The standard InChI is InChI=1S/C21H24N2O2S/c1-4-5-6-11-25-17-9-7-16(8-10-17)20(24)23-21-22-18-13-14(2)12-15(3)19(18)26-21/h7-10,12-13H,4-6,11H2,1-3H3,(H,22,23,24). The maximum Gasteiger partial charge on any atom is 0.257 e. The number of hydrogen-bond donors (Lipinski definition) is 1. The van der Waals surface area contributed by atoms with Crippen LogP contribution in [0.2, 0.25) is 0 Å². The second kappa shape index (κ2) is 8.32. The van der Waals surface area contributed by atoms with Gasteiger partial charge in [0.1, 0.15) is 5.75 Å². The number of ether oxygens (including phenoxy) is 1. The number of fused-ring (bicyclic) bond motifs is 1. The number of carbonyl (C=O) groups excluding carboxylic acids is 1. The normalized spacial score (nSPS) is 10.9. The summed E-state index contributed by atoms with van der Waals surface area (Å²) in [6.07, 6.45) is 3.39. The summed E-state index contributed by atoms with van der Waals surface area (Å²) in [6.45, 7) is 7.00. The Bertz CT molecular complexity index is 900. The van der Waals surface area contributed by atoms with Crippen molar-refractivity contribution in [1.29, 1.82) is 0 Å². The number of hydrogen-bond acceptors (Lipinski definition) is 4. The Morgan fingerprint density at radius 2 is 1.92 bits per heavy atom. The quantitative estimate of drug-likeness (QED) is 0.541. The molecule has 0 saturated heterocycles. The van der Waals surface area contributed by atoms with Gasteiger partial charge in [-0.05, 0) is 61.7 Å². The highest BCUT2D eigenvalue weighted by molar-refractivity contribution is 7.22. The topological polar surface area (TPSA) is 51.2 Å². The lowest BCUT2D eigenvalue weighted by atomic mass is 10.1. The van der Waals surface area contributed by atoms with Crippen molar-refractivity contribution < 1.29 is 9.53 Å². The molecule has 2 aromatic carbocycles. The van der Waals surface area contributed by atoms with Crippen LogP contribution in [0.4, 0.5) is 5.13 Å². The van der Waals surface area contributed by atoms with Crippen molar-refractivity contribution in [2.75, 3.05) is 11.9 Å². The molecule has 4 nitrogen and oxygen atoms in total. The Morgan fingerprint density at radius 1 is 1.15 bits per heavy atom. The fourth-order valence-electron chi connectivity index (χ4n) is 2.84. The molecule has 5 heteroatoms. The summed E-state index contributed by atoms with van der Waals surface area (Å²) in [4.78, 5) is 17.0. The van der Waals surface area contributed by atoms with Gasteiger partial charge in [-0.25, -0.2) is 4.98 Å². The number of benzene rings is 2. The molecule has 0 radical (unpaired) electrons. The van der Waals surface area contributed by atoms with E-state index in [-0.39, 0.29) is 5.91 Å². The molecule has 0 bridgehead atoms. The molecule has 0 unspecified atom stereocenters. The second-order valence-corrected chi connectivity index (χ2v) is 7.48. The van der Waals surface area contributed by atoms with E-state index in [2.05, 4.69) is 37.1 Å². The molecule has 1 amide bonds. The van der Waals surface area contributed by atoms with Gasteiger partial charge in [-0.3, -0.25) is 10.1 Å². The number of carbonyl (C=O) groups is 1. The summed E-state index contributed by atoms with van der Waals surface area (Å²) in [6, 6.07) is 11.4. The number of nitrogens with one attached hydrogen (secondary N) is 1. The summed E-state index contributed by atoms with van der Waals surface area (Å²) in [5.41, 5.74) is 3.88. The first kappa shape index (κ1) is 18.4. The van der Waals surface area contributed by atoms with E-state index >= 15 is 0 Å². The monoisotopic (exact) mass is 368 g/mol. The van der Waals surface area contributed by atoms with Crippen molar-refractivity contribution in [2.24, 2.45) is 0 Å². The molecule has 0 aliphatic heterocycles. The zero-order valence-corrected chi connectivity index (χ0v) is 16.3. The molecular weight excluding hydrogens is 344 g/mol. The molecule has 1 N–H and O–H groups in total. The van der Waals surface area contributed by atoms with E-state index in [4.69, 9.17) is 4.74 Å². The van der Waals surface area contributed by atoms with Crippen LogP contribution in [0.5, 0.6) is 5.75 Å². The first-order chi connectivity index (χ1) is 12.6. The van der Waals surface area contributed by atoms with Crippen molar-refractivity contribution in [1.82, 2.24) is 4.98 Å². The smallest absolute Gasteiger partial charge is 0.257 e. The van der Waals surface area contributed by atoms with Crippen molar-refractivity contribution in [3.63, 3.8) is 0 Å². The van der Waals surface area contributed by atoms with Gasteiger partial charge in [0.05, 0.1) is 16.8 Å². The average Bonchev–Trinajstić information content (AvgIpc) is 3.02. The Labute approximate surface area is 158 Å². The summed E-state index contributed by atoms with van der Waals surface area (Å²) in [7, 11) is 0. The van der Waals surface area contributed by atoms with Gasteiger partial charge >= 0.3 is 0 Å². The van der Waals surface area contributed by atoms with Gasteiger partial charge < -0.3 is 4.74 Å². The first-order valence-corrected chi connectivity index (χ1v) is 9.80. The molecule has 1 aromatic heterocycles. The third-order valence-corrected chi connectivity index (χ3v) is 5.30. The number of aromatic nitrogens is 1. The lowest BCUT2D eigenvalue weighted by molar-refractivity contribution is 0.102. The molecule has 136 valence electrons. The van der Waals surface area contributed by atoms with Crippen LogP contribution >= 0.6 is 11.3 Å². The summed E-state index contributed by atoms with van der Waals surface area (Å²) < 4.78 is 6.80. The van der Waals surface area contributed by atoms with Crippen LogP contribution in [0.15, 0.2) is 36.4 Å². The molecule has 0 spiro atoms. The van der Waals surface area contributed by atoms with E-state index in [1.165, 1.54) is 35.3 Å². The highest BCUT2D eigenvalue weighted by atomic mass is 32.1. The minimum absolute atomic E-state index is 0.157. The summed E-state index contributed by atoms with van der Waals surface area (Å²) >= 11 is 1.51. The van der Waals surface area contributed by atoms with Gasteiger partial charge in [-0.1, -0.05) is 37.2 Å². The molecular formula is C21H24N2O2S. The Morgan fingerprint density at radius 3 is 2.65 bits per heavy atom. The number of anilines is 1. The molecule has 1 heterocycles. The lowest BCUT2D eigenvalue weighted by Crippen LogP contribution is -2.11. The predicted octanol–water partition coefficient (Wildman–Crippen LogP) is 5.73. The van der Waals surface area contributed by atoms with E-state index in [0.717, 1.165) is 22.4 Å². The van der Waals surface area contributed by atoms with Crippen LogP contribution < -0.4 is 10.1 Å². The zero-order valence-electron chi connectivity index (χ0n) is 15.5. The van der Waals surface area contributed by atoms with Crippen molar-refractivity contribution in [2.45, 2.75) is 40.0 Å². The maximum atomic E-state index is 12.5.